The second kappa shape index (κ2) is 56.7. The number of amides is 1. The molecule has 0 saturated carbocycles. The molecule has 0 spiro atoms. The molecule has 0 aromatic rings. The number of nitrogens with one attached hydrogen (secondary N) is 1. The Morgan fingerprint density at radius 2 is 0.701 bits per heavy atom. The van der Waals surface area contributed by atoms with E-state index in [1.165, 1.54) is 225 Å². The quantitative estimate of drug-likeness (QED) is 0.0321. The van der Waals surface area contributed by atoms with Crippen molar-refractivity contribution in [3.05, 3.63) is 36.5 Å². The number of allylic oxidation sites excluding steroid dienone is 5. The van der Waals surface area contributed by atoms with E-state index in [1.807, 2.05) is 6.08 Å². The molecule has 1 amide bonds. The molecule has 2 unspecified atom stereocenters. The van der Waals surface area contributed by atoms with E-state index >= 15 is 0 Å². The highest BCUT2D eigenvalue weighted by Gasteiger charge is 2.18. The number of rotatable bonds is 55. The highest BCUT2D eigenvalue weighted by Crippen LogP contribution is 2.16. The van der Waals surface area contributed by atoms with E-state index in [-0.39, 0.29) is 18.5 Å². The van der Waals surface area contributed by atoms with Gasteiger partial charge in [0, 0.05) is 12.8 Å². The third kappa shape index (κ3) is 53.3. The number of ether oxygens (including phenoxy) is 1. The van der Waals surface area contributed by atoms with Crippen LogP contribution in [0.4, 0.5) is 0 Å². The number of unbranched alkanes of at least 4 members (excludes halogenated alkanes) is 40. The van der Waals surface area contributed by atoms with Crippen LogP contribution >= 0.6 is 0 Å². The van der Waals surface area contributed by atoms with Crippen LogP contribution in [0.1, 0.15) is 316 Å². The molecule has 6 nitrogen and oxygen atoms in total. The third-order valence-corrected chi connectivity index (χ3v) is 13.6. The van der Waals surface area contributed by atoms with Gasteiger partial charge in [-0.1, -0.05) is 256 Å². The standard InChI is InChI=1S/C61H115NO5/c1-3-5-7-9-11-13-15-17-19-20-21-22-26-29-33-37-41-45-49-53-59(64)58(57-63)62-60(65)54-50-46-42-38-34-30-27-23-24-28-32-36-40-44-48-52-56-67-61(66)55-51-47-43-39-35-31-25-18-16-14-12-10-8-6-4-2/h18,23,25,27,49,53,58-59,63-64H,3-17,19-22,24,26,28-48,50-52,54-57H2,1-2H3,(H,62,65)/b25-18-,27-23-,53-49+. The van der Waals surface area contributed by atoms with Crippen LogP contribution in [0.2, 0.25) is 0 Å². The molecule has 0 aliphatic carbocycles. The fraction of sp³-hybridized carbons (Fsp3) is 0.869. The summed E-state index contributed by atoms with van der Waals surface area (Å²) in [5.41, 5.74) is 0. The molecule has 0 aromatic heterocycles. The summed E-state index contributed by atoms with van der Waals surface area (Å²) >= 11 is 0. The molecule has 3 N–H and O–H groups in total. The Morgan fingerprint density at radius 3 is 1.06 bits per heavy atom. The molecule has 0 radical (unpaired) electrons. The SMILES string of the molecule is CCCCCCCC/C=C\CCCCCCCC(=O)OCCCCCCCCC/C=C\CCCCCCCC(=O)NC(CO)C(O)/C=C/CCCCCCCCCCCCCCCCCCC. The molecule has 394 valence electrons. The Morgan fingerprint density at radius 1 is 0.403 bits per heavy atom. The summed E-state index contributed by atoms with van der Waals surface area (Å²) in [4.78, 5) is 24.5. The van der Waals surface area contributed by atoms with Gasteiger partial charge in [-0.05, 0) is 83.5 Å². The summed E-state index contributed by atoms with van der Waals surface area (Å²) in [5, 5.41) is 23.1. The van der Waals surface area contributed by atoms with Crippen molar-refractivity contribution in [2.45, 2.75) is 328 Å². The van der Waals surface area contributed by atoms with Crippen LogP contribution in [0, 0.1) is 0 Å². The number of aliphatic hydroxyl groups excluding tert-OH is 2. The second-order valence-corrected chi connectivity index (χ2v) is 20.3. The van der Waals surface area contributed by atoms with Crippen molar-refractivity contribution in [1.82, 2.24) is 5.32 Å². The van der Waals surface area contributed by atoms with Crippen molar-refractivity contribution in [2.24, 2.45) is 0 Å². The number of hydrogen-bond acceptors (Lipinski definition) is 5. The number of carbonyl (C=O) groups excluding carboxylic acids is 2. The van der Waals surface area contributed by atoms with Crippen molar-refractivity contribution >= 4 is 11.9 Å². The molecule has 6 heteroatoms. The van der Waals surface area contributed by atoms with Crippen LogP contribution in [0.3, 0.4) is 0 Å². The van der Waals surface area contributed by atoms with Crippen LogP contribution in [0.15, 0.2) is 36.5 Å². The summed E-state index contributed by atoms with van der Waals surface area (Å²) < 4.78 is 5.47. The minimum atomic E-state index is -0.856. The molecule has 0 heterocycles. The molecular weight excluding hydrogens is 827 g/mol. The zero-order valence-electron chi connectivity index (χ0n) is 44.9. The molecule has 0 aromatic carbocycles. The Balaban J connectivity index is 3.50. The predicted octanol–water partition coefficient (Wildman–Crippen LogP) is 18.4. The van der Waals surface area contributed by atoms with E-state index < -0.39 is 12.1 Å². The van der Waals surface area contributed by atoms with Gasteiger partial charge in [0.05, 0.1) is 25.4 Å². The molecule has 2 atom stereocenters. The summed E-state index contributed by atoms with van der Waals surface area (Å²) in [6.45, 7) is 4.88. The minimum Gasteiger partial charge on any atom is -0.466 e. The first-order valence-corrected chi connectivity index (χ1v) is 29.8. The lowest BCUT2D eigenvalue weighted by molar-refractivity contribution is -0.143. The van der Waals surface area contributed by atoms with Gasteiger partial charge in [0.15, 0.2) is 0 Å². The minimum absolute atomic E-state index is 0.0117. The molecule has 0 bridgehead atoms. The number of aliphatic hydroxyl groups is 2. The maximum absolute atomic E-state index is 12.5. The lowest BCUT2D eigenvalue weighted by Crippen LogP contribution is -2.45. The van der Waals surface area contributed by atoms with Gasteiger partial charge in [-0.25, -0.2) is 0 Å². The van der Waals surface area contributed by atoms with Crippen molar-refractivity contribution in [3.8, 4) is 0 Å². The number of carbonyl (C=O) groups is 2. The van der Waals surface area contributed by atoms with Crippen LogP contribution in [0.25, 0.3) is 0 Å². The first-order valence-electron chi connectivity index (χ1n) is 29.8. The van der Waals surface area contributed by atoms with Gasteiger partial charge in [0.2, 0.25) is 5.91 Å². The maximum atomic E-state index is 12.5. The van der Waals surface area contributed by atoms with Gasteiger partial charge < -0.3 is 20.3 Å². The normalized spacial score (nSPS) is 12.8. The van der Waals surface area contributed by atoms with E-state index in [2.05, 4.69) is 43.5 Å². The fourth-order valence-corrected chi connectivity index (χ4v) is 9.03. The molecule has 67 heavy (non-hydrogen) atoms. The molecule has 0 fully saturated rings. The predicted molar refractivity (Wildman–Crippen MR) is 292 cm³/mol. The summed E-state index contributed by atoms with van der Waals surface area (Å²) in [7, 11) is 0. The van der Waals surface area contributed by atoms with Crippen molar-refractivity contribution in [1.29, 1.82) is 0 Å². The smallest absolute Gasteiger partial charge is 0.305 e. The van der Waals surface area contributed by atoms with Crippen molar-refractivity contribution in [2.75, 3.05) is 13.2 Å². The summed E-state index contributed by atoms with van der Waals surface area (Å²) in [6.07, 6.45) is 70.2. The zero-order valence-corrected chi connectivity index (χ0v) is 44.9. The molecule has 0 saturated heterocycles. The van der Waals surface area contributed by atoms with E-state index in [0.717, 1.165) is 64.2 Å². The summed E-state index contributed by atoms with van der Waals surface area (Å²) in [6, 6.07) is -0.641. The fourth-order valence-electron chi connectivity index (χ4n) is 9.03. The van der Waals surface area contributed by atoms with Crippen molar-refractivity contribution in [3.63, 3.8) is 0 Å². The highest BCUT2D eigenvalue weighted by molar-refractivity contribution is 5.76. The monoisotopic (exact) mass is 942 g/mol. The van der Waals surface area contributed by atoms with Crippen molar-refractivity contribution < 1.29 is 24.5 Å². The first-order chi connectivity index (χ1) is 33.0. The third-order valence-electron chi connectivity index (χ3n) is 13.6. The summed E-state index contributed by atoms with van der Waals surface area (Å²) in [5.74, 6) is -0.0954. The average molecular weight is 943 g/mol. The Bertz CT molecular complexity index is 1090. The van der Waals surface area contributed by atoms with E-state index in [4.69, 9.17) is 4.74 Å². The van der Waals surface area contributed by atoms with E-state index in [0.29, 0.717) is 19.4 Å². The Labute approximate surface area is 417 Å². The van der Waals surface area contributed by atoms with Gasteiger partial charge in [0.1, 0.15) is 0 Å². The first kappa shape index (κ1) is 65.1. The molecule has 0 rings (SSSR count). The molecular formula is C61H115NO5. The average Bonchev–Trinajstić information content (AvgIpc) is 3.33. The second-order valence-electron chi connectivity index (χ2n) is 20.3. The topological polar surface area (TPSA) is 95.9 Å². The molecule has 0 aliphatic rings. The van der Waals surface area contributed by atoms with Gasteiger partial charge in [-0.15, -0.1) is 0 Å². The van der Waals surface area contributed by atoms with Gasteiger partial charge in [-0.2, -0.15) is 0 Å². The number of hydrogen-bond donors (Lipinski definition) is 3. The van der Waals surface area contributed by atoms with Crippen LogP contribution < -0.4 is 5.32 Å². The largest absolute Gasteiger partial charge is 0.466 e. The van der Waals surface area contributed by atoms with Crippen LogP contribution in [0.5, 0.6) is 0 Å². The van der Waals surface area contributed by atoms with Crippen LogP contribution in [-0.2, 0) is 14.3 Å². The Hall–Kier alpha value is -1.92. The lowest BCUT2D eigenvalue weighted by Gasteiger charge is -2.20. The lowest BCUT2D eigenvalue weighted by atomic mass is 10.0. The van der Waals surface area contributed by atoms with E-state index in [9.17, 15) is 19.8 Å². The maximum Gasteiger partial charge on any atom is 0.305 e. The van der Waals surface area contributed by atoms with Gasteiger partial charge in [-0.3, -0.25) is 9.59 Å². The molecule has 0 aliphatic heterocycles. The van der Waals surface area contributed by atoms with Gasteiger partial charge >= 0.3 is 5.97 Å². The van der Waals surface area contributed by atoms with Gasteiger partial charge in [0.25, 0.3) is 0 Å². The zero-order chi connectivity index (χ0) is 48.6. The highest BCUT2D eigenvalue weighted by atomic mass is 16.5. The van der Waals surface area contributed by atoms with E-state index in [1.54, 1.807) is 6.08 Å². The van der Waals surface area contributed by atoms with Crippen LogP contribution in [-0.4, -0.2) is 47.4 Å². The Kier molecular flexibility index (Phi) is 55.0. The number of esters is 1.